The van der Waals surface area contributed by atoms with Crippen molar-refractivity contribution in [1.82, 2.24) is 9.88 Å². The highest BCUT2D eigenvalue weighted by molar-refractivity contribution is 5.15. The van der Waals surface area contributed by atoms with Gasteiger partial charge >= 0.3 is 0 Å². The van der Waals surface area contributed by atoms with Crippen molar-refractivity contribution in [2.45, 2.75) is 51.1 Å². The van der Waals surface area contributed by atoms with Crippen LogP contribution in [0.1, 0.15) is 50.6 Å². The molecule has 1 fully saturated rings. The summed E-state index contributed by atoms with van der Waals surface area (Å²) >= 11 is 0. The number of pyridine rings is 1. The molecule has 88 valence electrons. The zero-order valence-corrected chi connectivity index (χ0v) is 10.4. The summed E-state index contributed by atoms with van der Waals surface area (Å²) < 4.78 is 0. The zero-order valence-electron chi connectivity index (χ0n) is 10.4. The van der Waals surface area contributed by atoms with Gasteiger partial charge in [0.1, 0.15) is 0 Å². The lowest BCUT2D eigenvalue weighted by atomic mass is 10.1. The molecule has 1 aromatic rings. The number of hydrogen-bond donors (Lipinski definition) is 0. The van der Waals surface area contributed by atoms with Gasteiger partial charge in [0.05, 0.1) is 0 Å². The van der Waals surface area contributed by atoms with E-state index in [4.69, 9.17) is 0 Å². The molecule has 2 nitrogen and oxygen atoms in total. The molecule has 0 N–H and O–H groups in total. The quantitative estimate of drug-likeness (QED) is 0.770. The highest BCUT2D eigenvalue weighted by atomic mass is 15.2. The summed E-state index contributed by atoms with van der Waals surface area (Å²) in [5.41, 5.74) is 1.38. The van der Waals surface area contributed by atoms with Gasteiger partial charge < -0.3 is 0 Å². The molecule has 1 unspecified atom stereocenters. The second-order valence-electron chi connectivity index (χ2n) is 4.84. The molecule has 1 aromatic heterocycles. The van der Waals surface area contributed by atoms with Crippen LogP contribution in [0, 0.1) is 0 Å². The molecule has 0 aromatic carbocycles. The molecular formula is C14H22N2. The van der Waals surface area contributed by atoms with Crippen LogP contribution in [0.5, 0.6) is 0 Å². The van der Waals surface area contributed by atoms with E-state index in [1.807, 2.05) is 18.5 Å². The van der Waals surface area contributed by atoms with Gasteiger partial charge in [-0.3, -0.25) is 9.88 Å². The zero-order chi connectivity index (χ0) is 11.4. The van der Waals surface area contributed by atoms with Gasteiger partial charge in [-0.1, -0.05) is 25.8 Å². The highest BCUT2D eigenvalue weighted by Crippen LogP contribution is 2.35. The lowest BCUT2D eigenvalue weighted by Crippen LogP contribution is -2.27. The fraction of sp³-hybridized carbons (Fsp3) is 0.643. The Bertz CT molecular complexity index is 310. The SMILES string of the molecule is CCCCC1CC[C@@H](c2cccnc2)N1C. The maximum absolute atomic E-state index is 4.22. The summed E-state index contributed by atoms with van der Waals surface area (Å²) in [4.78, 5) is 6.77. The summed E-state index contributed by atoms with van der Waals surface area (Å²) in [7, 11) is 2.27. The number of unbranched alkanes of at least 4 members (excludes halogenated alkanes) is 1. The number of likely N-dealkylation sites (tertiary alicyclic amines) is 1. The molecule has 0 spiro atoms. The van der Waals surface area contributed by atoms with Crippen LogP contribution in [0.4, 0.5) is 0 Å². The molecule has 0 amide bonds. The molecule has 1 aliphatic rings. The monoisotopic (exact) mass is 218 g/mol. The summed E-state index contributed by atoms with van der Waals surface area (Å²) in [6, 6.07) is 5.62. The molecule has 0 bridgehead atoms. The first-order chi connectivity index (χ1) is 7.83. The average Bonchev–Trinajstić information content (AvgIpc) is 2.69. The van der Waals surface area contributed by atoms with Crippen LogP contribution >= 0.6 is 0 Å². The molecule has 0 radical (unpaired) electrons. The summed E-state index contributed by atoms with van der Waals surface area (Å²) in [5, 5.41) is 0. The Morgan fingerprint density at radius 1 is 1.44 bits per heavy atom. The van der Waals surface area contributed by atoms with Crippen molar-refractivity contribution in [3.63, 3.8) is 0 Å². The summed E-state index contributed by atoms with van der Waals surface area (Å²) in [5.74, 6) is 0. The number of rotatable bonds is 4. The lowest BCUT2D eigenvalue weighted by molar-refractivity contribution is 0.230. The number of nitrogens with zero attached hydrogens (tertiary/aromatic N) is 2. The molecule has 2 atom stereocenters. The standard InChI is InChI=1S/C14H22N2/c1-3-4-7-13-8-9-14(16(13)2)12-6-5-10-15-11-12/h5-6,10-11,13-14H,3-4,7-9H2,1-2H3/t13?,14-/m0/s1. The van der Waals surface area contributed by atoms with Crippen molar-refractivity contribution in [3.8, 4) is 0 Å². The van der Waals surface area contributed by atoms with Gasteiger partial charge in [-0.05, 0) is 37.9 Å². The van der Waals surface area contributed by atoms with E-state index < -0.39 is 0 Å². The maximum atomic E-state index is 4.22. The number of aromatic nitrogens is 1. The van der Waals surface area contributed by atoms with E-state index in [1.165, 1.54) is 37.7 Å². The third kappa shape index (κ3) is 2.43. The minimum Gasteiger partial charge on any atom is -0.296 e. The third-order valence-electron chi connectivity index (χ3n) is 3.80. The lowest BCUT2D eigenvalue weighted by Gasteiger charge is -2.25. The molecule has 0 saturated carbocycles. The van der Waals surface area contributed by atoms with E-state index in [0.717, 1.165) is 6.04 Å². The first kappa shape index (κ1) is 11.6. The first-order valence-electron chi connectivity index (χ1n) is 6.44. The Labute approximate surface area is 98.7 Å². The smallest absolute Gasteiger partial charge is 0.0363 e. The van der Waals surface area contributed by atoms with Crippen molar-refractivity contribution in [1.29, 1.82) is 0 Å². The van der Waals surface area contributed by atoms with Gasteiger partial charge in [0, 0.05) is 24.5 Å². The van der Waals surface area contributed by atoms with Crippen molar-refractivity contribution >= 4 is 0 Å². The summed E-state index contributed by atoms with van der Waals surface area (Å²) in [6.45, 7) is 2.27. The second-order valence-corrected chi connectivity index (χ2v) is 4.84. The van der Waals surface area contributed by atoms with Crippen LogP contribution in [-0.2, 0) is 0 Å². The van der Waals surface area contributed by atoms with E-state index in [-0.39, 0.29) is 0 Å². The van der Waals surface area contributed by atoms with Crippen LogP contribution in [0.3, 0.4) is 0 Å². The average molecular weight is 218 g/mol. The van der Waals surface area contributed by atoms with Crippen LogP contribution in [0.2, 0.25) is 0 Å². The van der Waals surface area contributed by atoms with Crippen molar-refractivity contribution in [2.24, 2.45) is 0 Å². The topological polar surface area (TPSA) is 16.1 Å². The van der Waals surface area contributed by atoms with E-state index in [0.29, 0.717) is 6.04 Å². The Morgan fingerprint density at radius 2 is 2.31 bits per heavy atom. The molecule has 1 saturated heterocycles. The predicted octanol–water partition coefficient (Wildman–Crippen LogP) is 3.41. The Hall–Kier alpha value is -0.890. The third-order valence-corrected chi connectivity index (χ3v) is 3.80. The molecular weight excluding hydrogens is 196 g/mol. The molecule has 16 heavy (non-hydrogen) atoms. The number of hydrogen-bond acceptors (Lipinski definition) is 2. The fourth-order valence-corrected chi connectivity index (χ4v) is 2.77. The maximum Gasteiger partial charge on any atom is 0.0363 e. The van der Waals surface area contributed by atoms with Gasteiger partial charge in [0.15, 0.2) is 0 Å². The van der Waals surface area contributed by atoms with E-state index in [1.54, 1.807) is 0 Å². The van der Waals surface area contributed by atoms with Crippen molar-refractivity contribution in [3.05, 3.63) is 30.1 Å². The van der Waals surface area contributed by atoms with Gasteiger partial charge in [-0.25, -0.2) is 0 Å². The van der Waals surface area contributed by atoms with Gasteiger partial charge in [0.2, 0.25) is 0 Å². The molecule has 2 rings (SSSR count). The van der Waals surface area contributed by atoms with Crippen molar-refractivity contribution in [2.75, 3.05) is 7.05 Å². The minimum absolute atomic E-state index is 0.593. The molecule has 1 aliphatic heterocycles. The Kier molecular flexibility index (Phi) is 3.94. The molecule has 2 heterocycles. The van der Waals surface area contributed by atoms with Gasteiger partial charge in [0.25, 0.3) is 0 Å². The van der Waals surface area contributed by atoms with Gasteiger partial charge in [-0.2, -0.15) is 0 Å². The normalized spacial score (nSPS) is 26.1. The van der Waals surface area contributed by atoms with E-state index >= 15 is 0 Å². The Balaban J connectivity index is 1.99. The fourth-order valence-electron chi connectivity index (χ4n) is 2.77. The Morgan fingerprint density at radius 3 is 3.00 bits per heavy atom. The largest absolute Gasteiger partial charge is 0.296 e. The van der Waals surface area contributed by atoms with Crippen LogP contribution in [0.15, 0.2) is 24.5 Å². The molecule has 2 heteroatoms. The minimum atomic E-state index is 0.593. The first-order valence-corrected chi connectivity index (χ1v) is 6.44. The van der Waals surface area contributed by atoms with Crippen molar-refractivity contribution < 1.29 is 0 Å². The van der Waals surface area contributed by atoms with E-state index in [2.05, 4.69) is 29.9 Å². The predicted molar refractivity (Wildman–Crippen MR) is 67.3 cm³/mol. The van der Waals surface area contributed by atoms with Crippen LogP contribution in [0.25, 0.3) is 0 Å². The second kappa shape index (κ2) is 5.44. The highest BCUT2D eigenvalue weighted by Gasteiger charge is 2.30. The van der Waals surface area contributed by atoms with Crippen LogP contribution < -0.4 is 0 Å². The summed E-state index contributed by atoms with van der Waals surface area (Å²) in [6.07, 6.45) is 10.5. The molecule has 0 aliphatic carbocycles. The van der Waals surface area contributed by atoms with E-state index in [9.17, 15) is 0 Å². The van der Waals surface area contributed by atoms with Crippen LogP contribution in [-0.4, -0.2) is 23.0 Å². The van der Waals surface area contributed by atoms with Gasteiger partial charge in [-0.15, -0.1) is 0 Å².